The molecule has 1 unspecified atom stereocenters. The zero-order valence-corrected chi connectivity index (χ0v) is 24.3. The first-order valence-corrected chi connectivity index (χ1v) is 14.1. The van der Waals surface area contributed by atoms with Crippen LogP contribution in [0.25, 0.3) is 0 Å². The van der Waals surface area contributed by atoms with Crippen LogP contribution in [-0.4, -0.2) is 65.5 Å². The lowest BCUT2D eigenvalue weighted by Gasteiger charge is -2.30. The van der Waals surface area contributed by atoms with Gasteiger partial charge in [0.2, 0.25) is 5.91 Å². The van der Waals surface area contributed by atoms with Crippen molar-refractivity contribution in [1.82, 2.24) is 9.80 Å². The van der Waals surface area contributed by atoms with Gasteiger partial charge in [0.1, 0.15) is 23.8 Å². The van der Waals surface area contributed by atoms with Gasteiger partial charge in [-0.1, -0.05) is 12.1 Å². The molecular weight excluding hydrogens is 529 g/mol. The van der Waals surface area contributed by atoms with E-state index in [-0.39, 0.29) is 37.7 Å². The first-order chi connectivity index (χ1) is 19.4. The van der Waals surface area contributed by atoms with Gasteiger partial charge < -0.3 is 24.8 Å². The summed E-state index contributed by atoms with van der Waals surface area (Å²) in [6, 6.07) is 9.68. The van der Waals surface area contributed by atoms with E-state index in [1.54, 1.807) is 56.9 Å². The van der Waals surface area contributed by atoms with Crippen molar-refractivity contribution in [3.63, 3.8) is 0 Å². The second-order valence-electron chi connectivity index (χ2n) is 11.7. The average molecular weight is 570 g/mol. The number of rotatable bonds is 11. The van der Waals surface area contributed by atoms with Gasteiger partial charge in [0.05, 0.1) is 25.7 Å². The molecular formula is C31H40FN3O6. The van der Waals surface area contributed by atoms with Crippen molar-refractivity contribution in [1.29, 1.82) is 0 Å². The third-order valence-corrected chi connectivity index (χ3v) is 7.47. The summed E-state index contributed by atoms with van der Waals surface area (Å²) in [5, 5.41) is 0. The van der Waals surface area contributed by atoms with E-state index in [1.165, 1.54) is 6.07 Å². The molecule has 0 saturated carbocycles. The van der Waals surface area contributed by atoms with Crippen LogP contribution in [0.4, 0.5) is 4.39 Å². The molecule has 0 radical (unpaired) electrons. The Kier molecular flexibility index (Phi) is 9.65. The topological polar surface area (TPSA) is 111 Å². The fourth-order valence-electron chi connectivity index (χ4n) is 5.30. The van der Waals surface area contributed by atoms with Crippen LogP contribution in [0.1, 0.15) is 67.6 Å². The van der Waals surface area contributed by atoms with Gasteiger partial charge in [0.25, 0.3) is 5.91 Å². The summed E-state index contributed by atoms with van der Waals surface area (Å²) in [6.07, 6.45) is 0.170. The summed E-state index contributed by atoms with van der Waals surface area (Å²) >= 11 is 0. The molecule has 0 aromatic heterocycles. The van der Waals surface area contributed by atoms with Crippen molar-refractivity contribution < 1.29 is 33.0 Å². The maximum Gasteiger partial charge on any atom is 0.306 e. The molecule has 1 fully saturated rings. The van der Waals surface area contributed by atoms with E-state index in [0.717, 1.165) is 18.7 Å². The van der Waals surface area contributed by atoms with Gasteiger partial charge in [-0.3, -0.25) is 19.3 Å². The van der Waals surface area contributed by atoms with Crippen molar-refractivity contribution >= 4 is 17.8 Å². The Morgan fingerprint density at radius 2 is 1.88 bits per heavy atom. The van der Waals surface area contributed by atoms with E-state index >= 15 is 0 Å². The second kappa shape index (κ2) is 13.0. The molecule has 9 nitrogen and oxygen atoms in total. The summed E-state index contributed by atoms with van der Waals surface area (Å²) in [6.45, 7) is 11.0. The van der Waals surface area contributed by atoms with Gasteiger partial charge in [0, 0.05) is 48.8 Å². The van der Waals surface area contributed by atoms with Crippen molar-refractivity contribution in [2.45, 2.75) is 71.9 Å². The summed E-state index contributed by atoms with van der Waals surface area (Å²) in [4.78, 5) is 41.8. The molecule has 2 atom stereocenters. The Labute approximate surface area is 240 Å². The SMILES string of the molecule is CC([C@@H](CCC(=O)OC(C)(C)C)C(N)=O)N1Cc2c(OCc3cc(CN4CCOCC4)ccc3F)cccc2C1=O. The third kappa shape index (κ3) is 7.83. The van der Waals surface area contributed by atoms with Crippen molar-refractivity contribution in [2.75, 3.05) is 26.3 Å². The minimum absolute atomic E-state index is 0.00276. The lowest BCUT2D eigenvalue weighted by atomic mass is 9.93. The van der Waals surface area contributed by atoms with E-state index in [1.807, 2.05) is 6.07 Å². The number of hydrogen-bond acceptors (Lipinski definition) is 7. The maximum atomic E-state index is 14.7. The summed E-state index contributed by atoms with van der Waals surface area (Å²) in [7, 11) is 0. The smallest absolute Gasteiger partial charge is 0.306 e. The maximum absolute atomic E-state index is 14.7. The number of halogens is 1. The highest BCUT2D eigenvalue weighted by atomic mass is 19.1. The van der Waals surface area contributed by atoms with Gasteiger partial charge in [0.15, 0.2) is 0 Å². The number of primary amides is 1. The van der Waals surface area contributed by atoms with Crippen LogP contribution < -0.4 is 10.5 Å². The van der Waals surface area contributed by atoms with E-state index < -0.39 is 29.4 Å². The second-order valence-corrected chi connectivity index (χ2v) is 11.7. The number of amides is 2. The van der Waals surface area contributed by atoms with Gasteiger partial charge >= 0.3 is 5.97 Å². The number of nitrogens with zero attached hydrogens (tertiary/aromatic N) is 2. The van der Waals surface area contributed by atoms with Crippen molar-refractivity contribution in [3.8, 4) is 5.75 Å². The number of carbonyl (C=O) groups excluding carboxylic acids is 3. The largest absolute Gasteiger partial charge is 0.488 e. The van der Waals surface area contributed by atoms with Gasteiger partial charge in [-0.15, -0.1) is 0 Å². The van der Waals surface area contributed by atoms with Crippen LogP contribution >= 0.6 is 0 Å². The summed E-state index contributed by atoms with van der Waals surface area (Å²) in [5.74, 6) is -1.89. The number of fused-ring (bicyclic) bond motifs is 1. The molecule has 0 bridgehead atoms. The zero-order chi connectivity index (χ0) is 29.7. The fourth-order valence-corrected chi connectivity index (χ4v) is 5.30. The molecule has 222 valence electrons. The number of benzene rings is 2. The molecule has 4 rings (SSSR count). The predicted octanol–water partition coefficient (Wildman–Crippen LogP) is 3.80. The van der Waals surface area contributed by atoms with Crippen LogP contribution in [0.5, 0.6) is 5.75 Å². The fraction of sp³-hybridized carbons (Fsp3) is 0.516. The first kappa shape index (κ1) is 30.5. The van der Waals surface area contributed by atoms with Crippen molar-refractivity contribution in [3.05, 3.63) is 64.5 Å². The number of ether oxygens (including phenoxy) is 3. The van der Waals surface area contributed by atoms with Crippen LogP contribution in [-0.2, 0) is 38.8 Å². The standard InChI is InChI=1S/C31H40FN3O6/c1-20(23(29(33)37)9-11-28(36)41-31(2,3)4)35-18-25-24(30(35)38)6-5-7-27(25)40-19-22-16-21(8-10-26(22)32)17-34-12-14-39-15-13-34/h5-8,10,16,20,23H,9,11-15,17-19H2,1-4H3,(H2,33,37)/t20?,23-/m1/s1. The molecule has 2 aliphatic rings. The molecule has 0 spiro atoms. The monoisotopic (exact) mass is 569 g/mol. The minimum atomic E-state index is -0.742. The quantitative estimate of drug-likeness (QED) is 0.410. The number of esters is 1. The lowest BCUT2D eigenvalue weighted by Crippen LogP contribution is -2.44. The van der Waals surface area contributed by atoms with Crippen LogP contribution in [0, 0.1) is 11.7 Å². The highest BCUT2D eigenvalue weighted by molar-refractivity contribution is 5.99. The van der Waals surface area contributed by atoms with E-state index in [4.69, 9.17) is 19.9 Å². The highest BCUT2D eigenvalue weighted by Crippen LogP contribution is 2.34. The predicted molar refractivity (Wildman–Crippen MR) is 150 cm³/mol. The molecule has 2 N–H and O–H groups in total. The first-order valence-electron chi connectivity index (χ1n) is 14.1. The van der Waals surface area contributed by atoms with E-state index in [9.17, 15) is 18.8 Å². The molecule has 2 aromatic rings. The molecule has 2 aromatic carbocycles. The Hall–Kier alpha value is -3.50. The number of nitrogens with two attached hydrogens (primary N) is 1. The Morgan fingerprint density at radius 3 is 2.56 bits per heavy atom. The van der Waals surface area contributed by atoms with Crippen molar-refractivity contribution in [2.24, 2.45) is 11.7 Å². The molecule has 41 heavy (non-hydrogen) atoms. The number of carbonyl (C=O) groups is 3. The van der Waals surface area contributed by atoms with Gasteiger partial charge in [-0.25, -0.2) is 4.39 Å². The average Bonchev–Trinajstić information content (AvgIpc) is 3.25. The van der Waals surface area contributed by atoms with Gasteiger partial charge in [-0.05, 0) is 63.9 Å². The molecule has 2 amide bonds. The molecule has 1 saturated heterocycles. The lowest BCUT2D eigenvalue weighted by molar-refractivity contribution is -0.155. The van der Waals surface area contributed by atoms with E-state index in [2.05, 4.69) is 4.90 Å². The zero-order valence-electron chi connectivity index (χ0n) is 24.3. The summed E-state index contributed by atoms with van der Waals surface area (Å²) < 4.78 is 31.5. The van der Waals surface area contributed by atoms with Crippen LogP contribution in [0.3, 0.4) is 0 Å². The molecule has 2 aliphatic heterocycles. The Morgan fingerprint density at radius 1 is 1.15 bits per heavy atom. The number of morpholine rings is 1. The minimum Gasteiger partial charge on any atom is -0.488 e. The number of hydrogen-bond donors (Lipinski definition) is 1. The molecule has 0 aliphatic carbocycles. The Balaban J connectivity index is 1.43. The third-order valence-electron chi connectivity index (χ3n) is 7.47. The van der Waals surface area contributed by atoms with Gasteiger partial charge in [-0.2, -0.15) is 0 Å². The highest BCUT2D eigenvalue weighted by Gasteiger charge is 2.38. The summed E-state index contributed by atoms with van der Waals surface area (Å²) in [5.41, 5.74) is 7.61. The molecule has 2 heterocycles. The Bertz CT molecular complexity index is 1270. The van der Waals surface area contributed by atoms with Crippen LogP contribution in [0.15, 0.2) is 36.4 Å². The van der Waals surface area contributed by atoms with Crippen LogP contribution in [0.2, 0.25) is 0 Å². The normalized spacial score (nSPS) is 17.2. The van der Waals surface area contributed by atoms with E-state index in [0.29, 0.717) is 42.2 Å². The molecule has 10 heteroatoms.